The lowest BCUT2D eigenvalue weighted by Crippen LogP contribution is -2.36. The third-order valence-electron chi connectivity index (χ3n) is 5.43. The van der Waals surface area contributed by atoms with Crippen LogP contribution in [0.2, 0.25) is 0 Å². The van der Waals surface area contributed by atoms with Gasteiger partial charge in [0.15, 0.2) is 0 Å². The van der Waals surface area contributed by atoms with E-state index in [-0.39, 0.29) is 24.3 Å². The maximum Gasteiger partial charge on any atom is 0.248 e. The minimum atomic E-state index is -0.392. The lowest BCUT2D eigenvalue weighted by molar-refractivity contribution is -0.134. The third-order valence-corrected chi connectivity index (χ3v) is 5.43. The average Bonchev–Trinajstić information content (AvgIpc) is 3.23. The number of methoxy groups -OCH3 is 3. The Balaban J connectivity index is 1.83. The van der Waals surface area contributed by atoms with Crippen LogP contribution >= 0.6 is 0 Å². The largest absolute Gasteiger partial charge is 0.497 e. The molecule has 2 atom stereocenters. The van der Waals surface area contributed by atoms with Crippen molar-refractivity contribution in [3.8, 4) is 11.5 Å². The molecule has 0 aliphatic carbocycles. The molecule has 0 spiro atoms. The van der Waals surface area contributed by atoms with Gasteiger partial charge in [0.25, 0.3) is 0 Å². The molecular weight excluding hydrogens is 384 g/mol. The van der Waals surface area contributed by atoms with E-state index < -0.39 is 5.92 Å². The normalized spacial score (nSPS) is 18.2. The van der Waals surface area contributed by atoms with Crippen LogP contribution in [-0.2, 0) is 20.9 Å². The van der Waals surface area contributed by atoms with Crippen molar-refractivity contribution in [3.63, 3.8) is 0 Å². The molecule has 1 heterocycles. The zero-order chi connectivity index (χ0) is 21.5. The first-order chi connectivity index (χ1) is 14.6. The van der Waals surface area contributed by atoms with Gasteiger partial charge in [-0.1, -0.05) is 36.4 Å². The van der Waals surface area contributed by atoms with Gasteiger partial charge in [0.05, 0.1) is 20.1 Å². The van der Waals surface area contributed by atoms with Gasteiger partial charge in [-0.3, -0.25) is 9.59 Å². The maximum atomic E-state index is 13.1. The first-order valence-corrected chi connectivity index (χ1v) is 9.87. The fourth-order valence-corrected chi connectivity index (χ4v) is 3.84. The van der Waals surface area contributed by atoms with Crippen molar-refractivity contribution in [2.75, 3.05) is 41.0 Å². The topological polar surface area (TPSA) is 77.1 Å². The van der Waals surface area contributed by atoms with Crippen molar-refractivity contribution in [3.05, 3.63) is 59.7 Å². The van der Waals surface area contributed by atoms with Crippen molar-refractivity contribution in [2.45, 2.75) is 12.5 Å². The van der Waals surface area contributed by atoms with Crippen LogP contribution in [-0.4, -0.2) is 57.7 Å². The molecule has 1 saturated heterocycles. The minimum Gasteiger partial charge on any atom is -0.497 e. The Bertz CT molecular complexity index is 871. The number of benzene rings is 2. The second-order valence-corrected chi connectivity index (χ2v) is 7.26. The van der Waals surface area contributed by atoms with Crippen molar-refractivity contribution in [1.29, 1.82) is 0 Å². The van der Waals surface area contributed by atoms with Gasteiger partial charge in [-0.05, 0) is 11.6 Å². The highest BCUT2D eigenvalue weighted by atomic mass is 16.5. The molecule has 0 saturated carbocycles. The van der Waals surface area contributed by atoms with Gasteiger partial charge in [0.1, 0.15) is 18.1 Å². The van der Waals surface area contributed by atoms with E-state index in [0.29, 0.717) is 31.1 Å². The van der Waals surface area contributed by atoms with Gasteiger partial charge in [-0.25, -0.2) is 0 Å². The SMILES string of the molecule is COCC(=O)N1CC(C(=O)NCc2ccccc2)C(c2ccc(OC)cc2OC)C1. The summed E-state index contributed by atoms with van der Waals surface area (Å²) in [6.45, 7) is 1.19. The highest BCUT2D eigenvalue weighted by Crippen LogP contribution is 2.39. The fourth-order valence-electron chi connectivity index (χ4n) is 3.84. The van der Waals surface area contributed by atoms with Gasteiger partial charge in [0.2, 0.25) is 11.8 Å². The predicted octanol–water partition coefficient (Wildman–Crippen LogP) is 2.21. The molecule has 1 fully saturated rings. The molecule has 30 heavy (non-hydrogen) atoms. The Morgan fingerprint density at radius 1 is 1.03 bits per heavy atom. The molecule has 2 aromatic rings. The van der Waals surface area contributed by atoms with Crippen LogP contribution in [0.1, 0.15) is 17.0 Å². The monoisotopic (exact) mass is 412 g/mol. The van der Waals surface area contributed by atoms with Gasteiger partial charge in [0, 0.05) is 44.3 Å². The summed E-state index contributed by atoms with van der Waals surface area (Å²) in [6, 6.07) is 15.3. The Labute approximate surface area is 176 Å². The van der Waals surface area contributed by atoms with Crippen molar-refractivity contribution >= 4 is 11.8 Å². The molecule has 0 bridgehead atoms. The molecular formula is C23H28N2O5. The number of carbonyl (C=O) groups is 2. The van der Waals surface area contributed by atoms with Crippen molar-refractivity contribution in [1.82, 2.24) is 10.2 Å². The lowest BCUT2D eigenvalue weighted by Gasteiger charge is -2.21. The van der Waals surface area contributed by atoms with Crippen LogP contribution in [0, 0.1) is 5.92 Å². The number of hydrogen-bond donors (Lipinski definition) is 1. The van der Waals surface area contributed by atoms with Crippen LogP contribution in [0.4, 0.5) is 0 Å². The maximum absolute atomic E-state index is 13.1. The molecule has 2 amide bonds. The first kappa shape index (κ1) is 21.6. The predicted molar refractivity (Wildman–Crippen MR) is 113 cm³/mol. The van der Waals surface area contributed by atoms with Crippen molar-refractivity contribution in [2.24, 2.45) is 5.92 Å². The summed E-state index contributed by atoms with van der Waals surface area (Å²) in [4.78, 5) is 27.2. The number of rotatable bonds is 8. The molecule has 0 radical (unpaired) electrons. The van der Waals surface area contributed by atoms with Gasteiger partial charge in [-0.15, -0.1) is 0 Å². The number of hydrogen-bond acceptors (Lipinski definition) is 5. The molecule has 2 aromatic carbocycles. The summed E-state index contributed by atoms with van der Waals surface area (Å²) in [5, 5.41) is 3.02. The number of carbonyl (C=O) groups excluding carboxylic acids is 2. The lowest BCUT2D eigenvalue weighted by atomic mass is 9.87. The average molecular weight is 412 g/mol. The zero-order valence-corrected chi connectivity index (χ0v) is 17.6. The van der Waals surface area contributed by atoms with E-state index in [9.17, 15) is 9.59 Å². The summed E-state index contributed by atoms with van der Waals surface area (Å²) >= 11 is 0. The molecule has 7 nitrogen and oxygen atoms in total. The second-order valence-electron chi connectivity index (χ2n) is 7.26. The van der Waals surface area contributed by atoms with Crippen LogP contribution in [0.25, 0.3) is 0 Å². The number of ether oxygens (including phenoxy) is 3. The molecule has 2 unspecified atom stereocenters. The van der Waals surface area contributed by atoms with Gasteiger partial charge in [-0.2, -0.15) is 0 Å². The zero-order valence-electron chi connectivity index (χ0n) is 17.6. The van der Waals surface area contributed by atoms with Crippen LogP contribution < -0.4 is 14.8 Å². The summed E-state index contributed by atoms with van der Waals surface area (Å²) in [7, 11) is 4.67. The van der Waals surface area contributed by atoms with E-state index in [0.717, 1.165) is 11.1 Å². The molecule has 1 aliphatic heterocycles. The Hall–Kier alpha value is -3.06. The smallest absolute Gasteiger partial charge is 0.248 e. The summed E-state index contributed by atoms with van der Waals surface area (Å²) in [5.41, 5.74) is 1.90. The van der Waals surface area contributed by atoms with Crippen LogP contribution in [0.3, 0.4) is 0 Å². The van der Waals surface area contributed by atoms with Crippen LogP contribution in [0.5, 0.6) is 11.5 Å². The first-order valence-electron chi connectivity index (χ1n) is 9.87. The standard InChI is InChI=1S/C23H28N2O5/c1-28-15-22(26)25-13-19(18-10-9-17(29-2)11-21(18)30-3)20(14-25)23(27)24-12-16-7-5-4-6-8-16/h4-11,19-20H,12-15H2,1-3H3,(H,24,27). The minimum absolute atomic E-state index is 0.00911. The Morgan fingerprint density at radius 3 is 2.47 bits per heavy atom. The second kappa shape index (κ2) is 10.1. The molecule has 7 heteroatoms. The van der Waals surface area contributed by atoms with E-state index in [1.807, 2.05) is 42.5 Å². The number of nitrogens with zero attached hydrogens (tertiary/aromatic N) is 1. The summed E-state index contributed by atoms with van der Waals surface area (Å²) in [6.07, 6.45) is 0. The fraction of sp³-hybridized carbons (Fsp3) is 0.391. The number of amides is 2. The molecule has 0 aromatic heterocycles. The highest BCUT2D eigenvalue weighted by Gasteiger charge is 2.41. The third kappa shape index (κ3) is 4.91. The molecule has 1 N–H and O–H groups in total. The van der Waals surface area contributed by atoms with Gasteiger partial charge < -0.3 is 24.4 Å². The highest BCUT2D eigenvalue weighted by molar-refractivity contribution is 5.84. The quantitative estimate of drug-likeness (QED) is 0.719. The Kier molecular flexibility index (Phi) is 7.30. The number of likely N-dealkylation sites (tertiary alicyclic amines) is 1. The molecule has 160 valence electrons. The van der Waals surface area contributed by atoms with E-state index >= 15 is 0 Å². The van der Waals surface area contributed by atoms with Gasteiger partial charge >= 0.3 is 0 Å². The molecule has 1 aliphatic rings. The summed E-state index contributed by atoms with van der Waals surface area (Å²) < 4.78 is 15.8. The van der Waals surface area contributed by atoms with Crippen LogP contribution in [0.15, 0.2) is 48.5 Å². The number of nitrogens with one attached hydrogen (secondary N) is 1. The van der Waals surface area contributed by atoms with Crippen molar-refractivity contribution < 1.29 is 23.8 Å². The van der Waals surface area contributed by atoms with E-state index in [1.165, 1.54) is 7.11 Å². The molecule has 3 rings (SSSR count). The van der Waals surface area contributed by atoms with E-state index in [2.05, 4.69) is 5.32 Å². The van der Waals surface area contributed by atoms with E-state index in [4.69, 9.17) is 14.2 Å². The summed E-state index contributed by atoms with van der Waals surface area (Å²) in [5.74, 6) is 0.509. The van der Waals surface area contributed by atoms with E-state index in [1.54, 1.807) is 25.2 Å². The Morgan fingerprint density at radius 2 is 1.80 bits per heavy atom.